The van der Waals surface area contributed by atoms with Gasteiger partial charge in [0, 0.05) is 6.04 Å². The van der Waals surface area contributed by atoms with Crippen molar-refractivity contribution in [3.8, 4) is 0 Å². The van der Waals surface area contributed by atoms with Crippen molar-refractivity contribution >= 4 is 0 Å². The van der Waals surface area contributed by atoms with Crippen molar-refractivity contribution in [2.75, 3.05) is 13.1 Å². The molecule has 120 valence electrons. The molecular formula is C18H38N2. The highest BCUT2D eigenvalue weighted by Gasteiger charge is 2.11. The standard InChI is InChI=1S/C18H38N2/c19-16-12-7-5-3-1-2-4-6-8-13-17-20-18-14-10-9-11-15-18/h18,20H,1-17,19H2. The Hall–Kier alpha value is -0.0800. The van der Waals surface area contributed by atoms with E-state index < -0.39 is 0 Å². The zero-order valence-corrected chi connectivity index (χ0v) is 13.7. The van der Waals surface area contributed by atoms with Gasteiger partial charge in [0.25, 0.3) is 0 Å². The van der Waals surface area contributed by atoms with E-state index in [4.69, 9.17) is 5.73 Å². The summed E-state index contributed by atoms with van der Waals surface area (Å²) in [5.41, 5.74) is 5.49. The first-order chi connectivity index (χ1) is 9.93. The third-order valence-corrected chi connectivity index (χ3v) is 4.67. The van der Waals surface area contributed by atoms with Crippen molar-refractivity contribution in [2.24, 2.45) is 5.73 Å². The molecule has 1 aliphatic rings. The van der Waals surface area contributed by atoms with Crippen molar-refractivity contribution in [1.82, 2.24) is 5.32 Å². The topological polar surface area (TPSA) is 38.0 Å². The SMILES string of the molecule is NCCCCCCCCCCCCNC1CCCCC1. The Bertz CT molecular complexity index is 188. The van der Waals surface area contributed by atoms with E-state index in [0.29, 0.717) is 0 Å². The van der Waals surface area contributed by atoms with Gasteiger partial charge in [-0.2, -0.15) is 0 Å². The van der Waals surface area contributed by atoms with Crippen LogP contribution in [-0.2, 0) is 0 Å². The highest BCUT2D eigenvalue weighted by Crippen LogP contribution is 2.17. The molecule has 0 radical (unpaired) electrons. The van der Waals surface area contributed by atoms with E-state index in [1.807, 2.05) is 0 Å². The Morgan fingerprint density at radius 1 is 0.650 bits per heavy atom. The number of nitrogens with one attached hydrogen (secondary N) is 1. The lowest BCUT2D eigenvalue weighted by Crippen LogP contribution is -2.31. The Morgan fingerprint density at radius 2 is 1.15 bits per heavy atom. The minimum atomic E-state index is 0.845. The third-order valence-electron chi connectivity index (χ3n) is 4.67. The zero-order chi connectivity index (χ0) is 14.3. The van der Waals surface area contributed by atoms with E-state index in [2.05, 4.69) is 5.32 Å². The highest BCUT2D eigenvalue weighted by molar-refractivity contribution is 4.71. The van der Waals surface area contributed by atoms with Gasteiger partial charge in [0.2, 0.25) is 0 Å². The lowest BCUT2D eigenvalue weighted by molar-refractivity contribution is 0.369. The van der Waals surface area contributed by atoms with Gasteiger partial charge in [-0.3, -0.25) is 0 Å². The maximum Gasteiger partial charge on any atom is 0.00670 e. The number of hydrogen-bond donors (Lipinski definition) is 2. The van der Waals surface area contributed by atoms with Crippen LogP contribution in [0.4, 0.5) is 0 Å². The Labute approximate surface area is 127 Å². The van der Waals surface area contributed by atoms with Crippen molar-refractivity contribution in [2.45, 2.75) is 102 Å². The molecule has 1 aliphatic carbocycles. The quantitative estimate of drug-likeness (QED) is 0.478. The molecule has 0 amide bonds. The molecule has 1 saturated carbocycles. The van der Waals surface area contributed by atoms with Crippen LogP contribution in [0.2, 0.25) is 0 Å². The van der Waals surface area contributed by atoms with Crippen LogP contribution in [0, 0.1) is 0 Å². The van der Waals surface area contributed by atoms with Gasteiger partial charge >= 0.3 is 0 Å². The monoisotopic (exact) mass is 282 g/mol. The molecule has 0 aromatic rings. The Kier molecular flexibility index (Phi) is 12.5. The van der Waals surface area contributed by atoms with Crippen LogP contribution in [0.15, 0.2) is 0 Å². The van der Waals surface area contributed by atoms with E-state index in [9.17, 15) is 0 Å². The minimum Gasteiger partial charge on any atom is -0.330 e. The summed E-state index contributed by atoms with van der Waals surface area (Å²) in [5.74, 6) is 0. The fourth-order valence-electron chi connectivity index (χ4n) is 3.30. The predicted octanol–water partition coefficient (Wildman–Crippen LogP) is 4.77. The average Bonchev–Trinajstić information content (AvgIpc) is 2.49. The van der Waals surface area contributed by atoms with Gasteiger partial charge < -0.3 is 11.1 Å². The second-order valence-electron chi connectivity index (χ2n) is 6.61. The van der Waals surface area contributed by atoms with Crippen molar-refractivity contribution in [3.05, 3.63) is 0 Å². The molecule has 3 N–H and O–H groups in total. The average molecular weight is 283 g/mol. The van der Waals surface area contributed by atoms with Gasteiger partial charge in [-0.1, -0.05) is 70.6 Å². The molecule has 20 heavy (non-hydrogen) atoms. The lowest BCUT2D eigenvalue weighted by Gasteiger charge is -2.22. The zero-order valence-electron chi connectivity index (χ0n) is 13.7. The van der Waals surface area contributed by atoms with Crippen molar-refractivity contribution < 1.29 is 0 Å². The van der Waals surface area contributed by atoms with Crippen LogP contribution in [0.1, 0.15) is 96.3 Å². The van der Waals surface area contributed by atoms with Crippen LogP contribution in [0.5, 0.6) is 0 Å². The van der Waals surface area contributed by atoms with Crippen molar-refractivity contribution in [1.29, 1.82) is 0 Å². The summed E-state index contributed by atoms with van der Waals surface area (Å²) < 4.78 is 0. The summed E-state index contributed by atoms with van der Waals surface area (Å²) in [6.07, 6.45) is 21.1. The molecule has 0 bridgehead atoms. The lowest BCUT2D eigenvalue weighted by atomic mass is 9.95. The van der Waals surface area contributed by atoms with Crippen LogP contribution < -0.4 is 11.1 Å². The third kappa shape index (κ3) is 10.7. The molecule has 0 heterocycles. The molecule has 0 aromatic heterocycles. The van der Waals surface area contributed by atoms with Gasteiger partial charge in [0.15, 0.2) is 0 Å². The van der Waals surface area contributed by atoms with E-state index in [-0.39, 0.29) is 0 Å². The van der Waals surface area contributed by atoms with E-state index >= 15 is 0 Å². The second-order valence-corrected chi connectivity index (χ2v) is 6.61. The summed E-state index contributed by atoms with van der Waals surface area (Å²) in [6, 6.07) is 0.845. The maximum absolute atomic E-state index is 5.49. The summed E-state index contributed by atoms with van der Waals surface area (Å²) in [7, 11) is 0. The molecule has 1 fully saturated rings. The first-order valence-electron chi connectivity index (χ1n) is 9.37. The van der Waals surface area contributed by atoms with Gasteiger partial charge in [-0.15, -0.1) is 0 Å². The van der Waals surface area contributed by atoms with Gasteiger partial charge in [-0.05, 0) is 38.8 Å². The number of nitrogens with two attached hydrogens (primary N) is 1. The Balaban J connectivity index is 1.70. The summed E-state index contributed by atoms with van der Waals surface area (Å²) in [4.78, 5) is 0. The summed E-state index contributed by atoms with van der Waals surface area (Å²) >= 11 is 0. The highest BCUT2D eigenvalue weighted by atomic mass is 14.9. The van der Waals surface area contributed by atoms with E-state index in [1.54, 1.807) is 0 Å². The van der Waals surface area contributed by atoms with Gasteiger partial charge in [0.05, 0.1) is 0 Å². The molecule has 1 rings (SSSR count). The predicted molar refractivity (Wildman–Crippen MR) is 90.1 cm³/mol. The molecule has 0 aliphatic heterocycles. The smallest absolute Gasteiger partial charge is 0.00670 e. The molecule has 0 aromatic carbocycles. The second kappa shape index (κ2) is 13.9. The Morgan fingerprint density at radius 3 is 1.70 bits per heavy atom. The van der Waals surface area contributed by atoms with Gasteiger partial charge in [-0.25, -0.2) is 0 Å². The van der Waals surface area contributed by atoms with Crippen LogP contribution in [0.3, 0.4) is 0 Å². The molecule has 2 heteroatoms. The van der Waals surface area contributed by atoms with E-state index in [0.717, 1.165) is 12.6 Å². The molecule has 2 nitrogen and oxygen atoms in total. The number of unbranched alkanes of at least 4 members (excludes halogenated alkanes) is 9. The normalized spacial score (nSPS) is 16.6. The fraction of sp³-hybridized carbons (Fsp3) is 1.00. The maximum atomic E-state index is 5.49. The van der Waals surface area contributed by atoms with Crippen molar-refractivity contribution in [3.63, 3.8) is 0 Å². The van der Waals surface area contributed by atoms with E-state index in [1.165, 1.54) is 103 Å². The molecular weight excluding hydrogens is 244 g/mol. The fourth-order valence-corrected chi connectivity index (χ4v) is 3.30. The van der Waals surface area contributed by atoms with Crippen LogP contribution in [0.25, 0.3) is 0 Å². The first-order valence-corrected chi connectivity index (χ1v) is 9.37. The van der Waals surface area contributed by atoms with Crippen LogP contribution in [-0.4, -0.2) is 19.1 Å². The van der Waals surface area contributed by atoms with Crippen LogP contribution >= 0.6 is 0 Å². The number of hydrogen-bond acceptors (Lipinski definition) is 2. The summed E-state index contributed by atoms with van der Waals surface area (Å²) in [6.45, 7) is 2.12. The minimum absolute atomic E-state index is 0.845. The molecule has 0 atom stereocenters. The summed E-state index contributed by atoms with van der Waals surface area (Å²) in [5, 5.41) is 3.74. The molecule has 0 saturated heterocycles. The molecule has 0 spiro atoms. The largest absolute Gasteiger partial charge is 0.330 e. The molecule has 0 unspecified atom stereocenters. The first kappa shape index (κ1) is 18.0. The number of rotatable bonds is 13. The van der Waals surface area contributed by atoms with Gasteiger partial charge in [0.1, 0.15) is 0 Å².